The van der Waals surface area contributed by atoms with Crippen LogP contribution in [0.25, 0.3) is 33.1 Å². The van der Waals surface area contributed by atoms with Gasteiger partial charge in [0.25, 0.3) is 0 Å². The van der Waals surface area contributed by atoms with Gasteiger partial charge in [0, 0.05) is 42.0 Å². The zero-order valence-electron chi connectivity index (χ0n) is 18.8. The predicted octanol–water partition coefficient (Wildman–Crippen LogP) is 9.17. The summed E-state index contributed by atoms with van der Waals surface area (Å²) in [7, 11) is 0. The van der Waals surface area contributed by atoms with Crippen molar-refractivity contribution in [3.63, 3.8) is 0 Å². The van der Waals surface area contributed by atoms with Crippen LogP contribution in [0.2, 0.25) is 0 Å². The molecule has 0 saturated heterocycles. The van der Waals surface area contributed by atoms with Crippen LogP contribution >= 0.6 is 31.9 Å². The van der Waals surface area contributed by atoms with Gasteiger partial charge in [-0.15, -0.1) is 0 Å². The molecule has 0 radical (unpaired) electrons. The van der Waals surface area contributed by atoms with Crippen LogP contribution in [0.4, 0.5) is 0 Å². The first kappa shape index (κ1) is 21.9. The summed E-state index contributed by atoms with van der Waals surface area (Å²) in [6.45, 7) is 0. The second-order valence-corrected chi connectivity index (χ2v) is 10.7. The Morgan fingerprint density at radius 3 is 2.33 bits per heavy atom. The highest BCUT2D eigenvalue weighted by Crippen LogP contribution is 2.57. The molecular formula is C31H18Br2O3. The topological polar surface area (TPSA) is 42.6 Å². The Balaban J connectivity index is 1.56. The maximum absolute atomic E-state index is 12.7. The smallest absolute Gasteiger partial charge is 0.145 e. The monoisotopic (exact) mass is 596 g/mol. The number of para-hydroxylation sites is 3. The van der Waals surface area contributed by atoms with Gasteiger partial charge >= 0.3 is 0 Å². The second kappa shape index (κ2) is 8.07. The molecule has 0 fully saturated rings. The maximum atomic E-state index is 12.7. The van der Waals surface area contributed by atoms with Crippen LogP contribution < -0.4 is 4.74 Å². The molecule has 1 unspecified atom stereocenters. The van der Waals surface area contributed by atoms with Gasteiger partial charge in [-0.2, -0.15) is 0 Å². The lowest BCUT2D eigenvalue weighted by Gasteiger charge is -2.28. The van der Waals surface area contributed by atoms with E-state index in [1.54, 1.807) is 0 Å². The Kier molecular flexibility index (Phi) is 4.90. The highest BCUT2D eigenvalue weighted by atomic mass is 79.9. The zero-order chi connectivity index (χ0) is 24.4. The normalized spacial score (nSPS) is 16.3. The number of fused-ring (bicyclic) bond motifs is 7. The molecule has 36 heavy (non-hydrogen) atoms. The van der Waals surface area contributed by atoms with Crippen molar-refractivity contribution < 1.29 is 14.3 Å². The molecular weight excluding hydrogens is 580 g/mol. The Hall–Kier alpha value is -3.38. The maximum Gasteiger partial charge on any atom is 0.145 e. The van der Waals surface area contributed by atoms with Gasteiger partial charge < -0.3 is 14.3 Å². The van der Waals surface area contributed by atoms with E-state index in [-0.39, 0.29) is 0 Å². The van der Waals surface area contributed by atoms with Crippen molar-refractivity contribution in [2.45, 2.75) is 5.60 Å². The summed E-state index contributed by atoms with van der Waals surface area (Å²) < 4.78 is 14.5. The van der Waals surface area contributed by atoms with Crippen molar-refractivity contribution in [2.75, 3.05) is 0 Å². The van der Waals surface area contributed by atoms with Crippen molar-refractivity contribution in [3.8, 4) is 22.6 Å². The van der Waals surface area contributed by atoms with Crippen molar-refractivity contribution in [3.05, 3.63) is 129 Å². The summed E-state index contributed by atoms with van der Waals surface area (Å²) in [5, 5.41) is 14.8. The number of hydrogen-bond acceptors (Lipinski definition) is 3. The lowest BCUT2D eigenvalue weighted by atomic mass is 9.83. The number of ether oxygens (including phenoxy) is 1. The third kappa shape index (κ3) is 3.07. The van der Waals surface area contributed by atoms with Gasteiger partial charge in [0.1, 0.15) is 28.3 Å². The van der Waals surface area contributed by atoms with E-state index >= 15 is 0 Å². The van der Waals surface area contributed by atoms with Crippen molar-refractivity contribution in [2.24, 2.45) is 0 Å². The molecule has 1 atom stereocenters. The lowest BCUT2D eigenvalue weighted by molar-refractivity contribution is 0.128. The zero-order valence-corrected chi connectivity index (χ0v) is 22.0. The number of halogens is 2. The third-order valence-electron chi connectivity index (χ3n) is 6.88. The molecule has 0 aliphatic heterocycles. The Morgan fingerprint density at radius 2 is 1.47 bits per heavy atom. The number of furan rings is 1. The molecule has 1 heterocycles. The molecule has 6 aromatic rings. The molecule has 7 rings (SSSR count). The molecule has 5 heteroatoms. The van der Waals surface area contributed by atoms with Gasteiger partial charge in [0.2, 0.25) is 0 Å². The first-order valence-electron chi connectivity index (χ1n) is 11.5. The van der Waals surface area contributed by atoms with E-state index in [1.165, 1.54) is 0 Å². The molecule has 1 aliphatic carbocycles. The van der Waals surface area contributed by atoms with Crippen LogP contribution in [0.1, 0.15) is 16.7 Å². The minimum atomic E-state index is -1.46. The molecule has 1 aromatic heterocycles. The minimum Gasteiger partial charge on any atom is -0.457 e. The first-order chi connectivity index (χ1) is 17.6. The van der Waals surface area contributed by atoms with Crippen LogP contribution in [0.3, 0.4) is 0 Å². The highest BCUT2D eigenvalue weighted by molar-refractivity contribution is 9.11. The molecule has 0 spiro atoms. The molecule has 0 bridgehead atoms. The van der Waals surface area contributed by atoms with Crippen LogP contribution in [0.5, 0.6) is 11.5 Å². The molecule has 1 N–H and O–H groups in total. The van der Waals surface area contributed by atoms with Gasteiger partial charge in [-0.25, -0.2) is 0 Å². The largest absolute Gasteiger partial charge is 0.457 e. The molecule has 0 amide bonds. The Morgan fingerprint density at radius 1 is 0.722 bits per heavy atom. The average molecular weight is 598 g/mol. The fourth-order valence-corrected chi connectivity index (χ4v) is 6.33. The second-order valence-electron chi connectivity index (χ2n) is 8.89. The van der Waals surface area contributed by atoms with Crippen LogP contribution in [-0.2, 0) is 5.60 Å². The van der Waals surface area contributed by atoms with Gasteiger partial charge in [0.15, 0.2) is 0 Å². The summed E-state index contributed by atoms with van der Waals surface area (Å²) in [5.74, 6) is 1.29. The molecule has 5 aromatic carbocycles. The number of rotatable bonds is 3. The minimum absolute atomic E-state index is 0.589. The summed E-state index contributed by atoms with van der Waals surface area (Å²) in [6, 6.07) is 33.3. The molecule has 174 valence electrons. The fraction of sp³-hybridized carbons (Fsp3) is 0.0323. The van der Waals surface area contributed by atoms with Crippen molar-refractivity contribution >= 4 is 53.8 Å². The van der Waals surface area contributed by atoms with E-state index in [4.69, 9.17) is 9.15 Å². The molecule has 3 nitrogen and oxygen atoms in total. The van der Waals surface area contributed by atoms with E-state index < -0.39 is 5.60 Å². The SMILES string of the molecule is OC1(c2ccccc2Oc2ccccc2)c2cc(Br)ccc2-c2c1cc(Br)c1c2oc2ccccc21. The van der Waals surface area contributed by atoms with E-state index in [0.29, 0.717) is 17.1 Å². The van der Waals surface area contributed by atoms with Gasteiger partial charge in [-0.05, 0) is 64.0 Å². The van der Waals surface area contributed by atoms with Crippen molar-refractivity contribution in [1.29, 1.82) is 0 Å². The Bertz CT molecular complexity index is 1810. The van der Waals surface area contributed by atoms with E-state index in [0.717, 1.165) is 53.1 Å². The third-order valence-corrected chi connectivity index (χ3v) is 8.00. The summed E-state index contributed by atoms with van der Waals surface area (Å²) in [4.78, 5) is 0. The fourth-order valence-electron chi connectivity index (χ4n) is 5.34. The van der Waals surface area contributed by atoms with E-state index in [2.05, 4.69) is 37.9 Å². The van der Waals surface area contributed by atoms with E-state index in [9.17, 15) is 5.11 Å². The summed E-state index contributed by atoms with van der Waals surface area (Å²) in [6.07, 6.45) is 0. The summed E-state index contributed by atoms with van der Waals surface area (Å²) >= 11 is 7.42. The van der Waals surface area contributed by atoms with E-state index in [1.807, 2.05) is 97.1 Å². The van der Waals surface area contributed by atoms with Crippen LogP contribution in [0, 0.1) is 0 Å². The Labute approximate surface area is 224 Å². The van der Waals surface area contributed by atoms with Crippen molar-refractivity contribution in [1.82, 2.24) is 0 Å². The average Bonchev–Trinajstić information content (AvgIpc) is 3.40. The number of hydrogen-bond donors (Lipinski definition) is 1. The standard InChI is InChI=1S/C31H18Br2O3/c32-18-14-15-20-23(16-18)31(34,22-11-5-7-13-27(22)35-19-8-2-1-3-9-19)24-17-25(33)29-21-10-4-6-12-26(21)36-30(29)28(20)24/h1-17,34H. The quantitative estimate of drug-likeness (QED) is 0.221. The number of aliphatic hydroxyl groups is 1. The van der Waals surface area contributed by atoms with Gasteiger partial charge in [-0.1, -0.05) is 76.6 Å². The molecule has 0 saturated carbocycles. The van der Waals surface area contributed by atoms with Gasteiger partial charge in [0.05, 0.1) is 0 Å². The predicted molar refractivity (Wildman–Crippen MR) is 150 cm³/mol. The van der Waals surface area contributed by atoms with Crippen LogP contribution in [0.15, 0.2) is 116 Å². The number of benzene rings is 5. The molecule has 1 aliphatic rings. The highest BCUT2D eigenvalue weighted by Gasteiger charge is 2.47. The van der Waals surface area contributed by atoms with Gasteiger partial charge in [-0.3, -0.25) is 0 Å². The summed E-state index contributed by atoms with van der Waals surface area (Å²) in [5.41, 5.74) is 4.11. The van der Waals surface area contributed by atoms with Crippen LogP contribution in [-0.4, -0.2) is 5.11 Å². The first-order valence-corrected chi connectivity index (χ1v) is 13.1. The lowest BCUT2D eigenvalue weighted by Crippen LogP contribution is -2.27.